The molecule has 0 amide bonds. The van der Waals surface area contributed by atoms with E-state index in [-0.39, 0.29) is 10.7 Å². The predicted molar refractivity (Wildman–Crippen MR) is 98.4 cm³/mol. The quantitative estimate of drug-likeness (QED) is 0.411. The zero-order valence-electron chi connectivity index (χ0n) is 13.9. The van der Waals surface area contributed by atoms with Gasteiger partial charge < -0.3 is 4.74 Å². The van der Waals surface area contributed by atoms with Crippen molar-refractivity contribution < 1.29 is 17.9 Å². The fraction of sp³-hybridized carbons (Fsp3) is 0.111. The zero-order valence-corrected chi connectivity index (χ0v) is 15.5. The fourth-order valence-corrected chi connectivity index (χ4v) is 4.02. The van der Waals surface area contributed by atoms with Crippen LogP contribution >= 0.6 is 23.1 Å². The van der Waals surface area contributed by atoms with Gasteiger partial charge in [-0.1, -0.05) is 17.8 Å². The maximum absolute atomic E-state index is 13.6. The van der Waals surface area contributed by atoms with E-state index in [1.807, 2.05) is 17.5 Å². The van der Waals surface area contributed by atoms with Gasteiger partial charge in [0.05, 0.1) is 12.0 Å². The van der Waals surface area contributed by atoms with Crippen molar-refractivity contribution >= 4 is 28.7 Å². The van der Waals surface area contributed by atoms with Gasteiger partial charge in [-0.2, -0.15) is 18.3 Å². The van der Waals surface area contributed by atoms with Crippen LogP contribution in [0.2, 0.25) is 0 Å². The summed E-state index contributed by atoms with van der Waals surface area (Å²) in [5.41, 5.74) is -0.231. The van der Waals surface area contributed by atoms with Gasteiger partial charge in [0.25, 0.3) is 0 Å². The number of halogens is 3. The Kier molecular flexibility index (Phi) is 4.56. The SMILES string of the molecule is COc1ccc(Sc2cc(C(F)(F)F)n3nc(-c4cccs4)cc3n2)cc1. The Morgan fingerprint density at radius 2 is 1.89 bits per heavy atom. The van der Waals surface area contributed by atoms with Crippen LogP contribution in [0.5, 0.6) is 5.75 Å². The van der Waals surface area contributed by atoms with Crippen LogP contribution in [0.15, 0.2) is 63.8 Å². The Hall–Kier alpha value is -2.52. The number of nitrogens with zero attached hydrogens (tertiary/aromatic N) is 3. The third-order valence-electron chi connectivity index (χ3n) is 3.75. The van der Waals surface area contributed by atoms with Crippen LogP contribution in [0.25, 0.3) is 16.2 Å². The third-order valence-corrected chi connectivity index (χ3v) is 5.57. The molecule has 4 aromatic rings. The fourth-order valence-electron chi connectivity index (χ4n) is 2.51. The van der Waals surface area contributed by atoms with Gasteiger partial charge in [-0.25, -0.2) is 9.50 Å². The summed E-state index contributed by atoms with van der Waals surface area (Å²) in [6.07, 6.45) is -4.55. The number of benzene rings is 1. The molecule has 9 heteroatoms. The largest absolute Gasteiger partial charge is 0.497 e. The van der Waals surface area contributed by atoms with Crippen LogP contribution in [-0.2, 0) is 6.18 Å². The number of thiophene rings is 1. The van der Waals surface area contributed by atoms with Gasteiger partial charge in [-0.05, 0) is 35.7 Å². The van der Waals surface area contributed by atoms with Crippen molar-refractivity contribution in [3.8, 4) is 16.3 Å². The molecule has 0 spiro atoms. The van der Waals surface area contributed by atoms with Crippen LogP contribution in [0.1, 0.15) is 5.69 Å². The van der Waals surface area contributed by atoms with Crippen LogP contribution < -0.4 is 4.74 Å². The number of rotatable bonds is 4. The maximum Gasteiger partial charge on any atom is 0.433 e. The lowest BCUT2D eigenvalue weighted by Crippen LogP contribution is -2.13. The van der Waals surface area contributed by atoms with Gasteiger partial charge in [-0.3, -0.25) is 0 Å². The van der Waals surface area contributed by atoms with Gasteiger partial charge in [0.2, 0.25) is 0 Å². The summed E-state index contributed by atoms with van der Waals surface area (Å²) >= 11 is 2.57. The summed E-state index contributed by atoms with van der Waals surface area (Å²) in [7, 11) is 1.55. The van der Waals surface area contributed by atoms with E-state index < -0.39 is 11.9 Å². The summed E-state index contributed by atoms with van der Waals surface area (Å²) in [5, 5.41) is 6.21. The first-order valence-corrected chi connectivity index (χ1v) is 9.47. The summed E-state index contributed by atoms with van der Waals surface area (Å²) in [6.45, 7) is 0. The van der Waals surface area contributed by atoms with E-state index in [2.05, 4.69) is 10.1 Å². The Labute approximate surface area is 160 Å². The highest BCUT2D eigenvalue weighted by atomic mass is 32.2. The van der Waals surface area contributed by atoms with E-state index in [0.29, 0.717) is 11.4 Å². The minimum absolute atomic E-state index is 0.157. The van der Waals surface area contributed by atoms with Crippen molar-refractivity contribution in [3.05, 3.63) is 59.6 Å². The lowest BCUT2D eigenvalue weighted by molar-refractivity contribution is -0.142. The highest BCUT2D eigenvalue weighted by Gasteiger charge is 2.35. The van der Waals surface area contributed by atoms with E-state index >= 15 is 0 Å². The smallest absolute Gasteiger partial charge is 0.433 e. The second-order valence-electron chi connectivity index (χ2n) is 5.53. The zero-order chi connectivity index (χ0) is 19.0. The minimum atomic E-state index is -4.55. The lowest BCUT2D eigenvalue weighted by atomic mass is 10.3. The molecule has 4 nitrogen and oxygen atoms in total. The van der Waals surface area contributed by atoms with Gasteiger partial charge in [-0.15, -0.1) is 11.3 Å². The molecule has 0 aliphatic rings. The second kappa shape index (κ2) is 6.90. The molecular weight excluding hydrogens is 395 g/mol. The van der Waals surface area contributed by atoms with Gasteiger partial charge >= 0.3 is 6.18 Å². The van der Waals surface area contributed by atoms with Crippen molar-refractivity contribution in [1.29, 1.82) is 0 Å². The summed E-state index contributed by atoms with van der Waals surface area (Å²) in [5.74, 6) is 0.676. The van der Waals surface area contributed by atoms with Crippen molar-refractivity contribution in [1.82, 2.24) is 14.6 Å². The summed E-state index contributed by atoms with van der Waals surface area (Å²) in [4.78, 5) is 5.91. The number of aromatic nitrogens is 3. The maximum atomic E-state index is 13.6. The number of ether oxygens (including phenoxy) is 1. The van der Waals surface area contributed by atoms with E-state index in [1.165, 1.54) is 11.3 Å². The topological polar surface area (TPSA) is 39.4 Å². The van der Waals surface area contributed by atoms with Crippen molar-refractivity contribution in [2.24, 2.45) is 0 Å². The average Bonchev–Trinajstić information content (AvgIpc) is 3.30. The predicted octanol–water partition coefficient (Wildman–Crippen LogP) is 5.64. The molecule has 138 valence electrons. The number of hydrogen-bond donors (Lipinski definition) is 0. The molecule has 1 aromatic carbocycles. The molecule has 0 aliphatic heterocycles. The van der Waals surface area contributed by atoms with Crippen molar-refractivity contribution in [2.75, 3.05) is 7.11 Å². The van der Waals surface area contributed by atoms with Crippen LogP contribution in [0.3, 0.4) is 0 Å². The van der Waals surface area contributed by atoms with Gasteiger partial charge in [0.15, 0.2) is 11.3 Å². The molecule has 0 radical (unpaired) electrons. The first-order valence-electron chi connectivity index (χ1n) is 7.78. The Morgan fingerprint density at radius 1 is 1.11 bits per heavy atom. The van der Waals surface area contributed by atoms with Crippen LogP contribution in [0.4, 0.5) is 13.2 Å². The standard InChI is InChI=1S/C18H12F3N3OS2/c1-25-11-4-6-12(7-5-11)27-17-10-15(18(19,20)21)24-16(22-17)9-13(23-24)14-3-2-8-26-14/h2-10H,1H3. The number of methoxy groups -OCH3 is 1. The van der Waals surface area contributed by atoms with E-state index in [0.717, 1.165) is 32.1 Å². The number of alkyl halides is 3. The van der Waals surface area contributed by atoms with E-state index in [9.17, 15) is 13.2 Å². The van der Waals surface area contributed by atoms with E-state index in [1.54, 1.807) is 37.4 Å². The summed E-state index contributed by atoms with van der Waals surface area (Å²) < 4.78 is 46.7. The number of fused-ring (bicyclic) bond motifs is 1. The molecule has 27 heavy (non-hydrogen) atoms. The van der Waals surface area contributed by atoms with Crippen molar-refractivity contribution in [2.45, 2.75) is 16.1 Å². The average molecular weight is 407 g/mol. The number of hydrogen-bond acceptors (Lipinski definition) is 5. The molecule has 0 unspecified atom stereocenters. The lowest BCUT2D eigenvalue weighted by Gasteiger charge is -2.10. The molecular formula is C18H12F3N3OS2. The molecule has 0 atom stereocenters. The Morgan fingerprint density at radius 3 is 2.52 bits per heavy atom. The Balaban J connectivity index is 1.79. The molecule has 3 aromatic heterocycles. The second-order valence-corrected chi connectivity index (χ2v) is 7.57. The molecule has 4 rings (SSSR count). The molecule has 0 fully saturated rings. The molecule has 3 heterocycles. The molecule has 0 bridgehead atoms. The van der Waals surface area contributed by atoms with Crippen molar-refractivity contribution in [3.63, 3.8) is 0 Å². The van der Waals surface area contributed by atoms with Gasteiger partial charge in [0.1, 0.15) is 16.5 Å². The highest BCUT2D eigenvalue weighted by Crippen LogP contribution is 2.35. The molecule has 0 aliphatic carbocycles. The first kappa shape index (κ1) is 17.9. The van der Waals surface area contributed by atoms with Gasteiger partial charge in [0, 0.05) is 17.0 Å². The highest BCUT2D eigenvalue weighted by molar-refractivity contribution is 7.99. The molecule has 0 N–H and O–H groups in total. The normalized spacial score (nSPS) is 11.9. The van der Waals surface area contributed by atoms with Crippen LogP contribution in [0, 0.1) is 0 Å². The monoisotopic (exact) mass is 407 g/mol. The van der Waals surface area contributed by atoms with E-state index in [4.69, 9.17) is 4.74 Å². The minimum Gasteiger partial charge on any atom is -0.497 e. The summed E-state index contributed by atoms with van der Waals surface area (Å²) in [6, 6.07) is 13.3. The molecule has 0 saturated heterocycles. The Bertz CT molecular complexity index is 1070. The first-order chi connectivity index (χ1) is 12.9. The van der Waals surface area contributed by atoms with Crippen LogP contribution in [-0.4, -0.2) is 21.7 Å². The molecule has 0 saturated carbocycles. The third kappa shape index (κ3) is 3.65.